The van der Waals surface area contributed by atoms with Crippen LogP contribution in [0.4, 0.5) is 0 Å². The largest absolute Gasteiger partial charge is 0.494 e. The van der Waals surface area contributed by atoms with Gasteiger partial charge in [0.15, 0.2) is 0 Å². The minimum absolute atomic E-state index is 0.00983. The van der Waals surface area contributed by atoms with Crippen LogP contribution in [0.2, 0.25) is 0 Å². The monoisotopic (exact) mass is 326 g/mol. The van der Waals surface area contributed by atoms with Crippen molar-refractivity contribution < 1.29 is 14.3 Å². The molecule has 24 heavy (non-hydrogen) atoms. The minimum atomic E-state index is -0.102. The molecule has 0 aromatic heterocycles. The van der Waals surface area contributed by atoms with Crippen LogP contribution in [0.25, 0.3) is 11.1 Å². The van der Waals surface area contributed by atoms with Crippen LogP contribution < -0.4 is 4.74 Å². The molecule has 0 radical (unpaired) electrons. The van der Waals surface area contributed by atoms with E-state index in [0.29, 0.717) is 13.2 Å². The fourth-order valence-electron chi connectivity index (χ4n) is 2.25. The number of rotatable bonds is 9. The maximum atomic E-state index is 11.5. The Morgan fingerprint density at radius 1 is 0.917 bits per heavy atom. The number of carbonyl (C=O) groups is 1. The molecule has 0 aliphatic rings. The zero-order valence-corrected chi connectivity index (χ0v) is 14.5. The highest BCUT2D eigenvalue weighted by Crippen LogP contribution is 2.22. The van der Waals surface area contributed by atoms with Crippen LogP contribution in [0.15, 0.2) is 54.6 Å². The molecule has 0 fully saturated rings. The molecule has 2 rings (SSSR count). The molecule has 0 saturated heterocycles. The van der Waals surface area contributed by atoms with E-state index in [1.54, 1.807) is 0 Å². The molecule has 2 aromatic rings. The zero-order valence-electron chi connectivity index (χ0n) is 14.5. The smallest absolute Gasteiger partial charge is 0.308 e. The quantitative estimate of drug-likeness (QED) is 0.475. The topological polar surface area (TPSA) is 35.5 Å². The number of hydrogen-bond acceptors (Lipinski definition) is 3. The summed E-state index contributed by atoms with van der Waals surface area (Å²) in [5.41, 5.74) is 2.38. The summed E-state index contributed by atoms with van der Waals surface area (Å²) < 4.78 is 10.9. The Bertz CT molecular complexity index is 605. The van der Waals surface area contributed by atoms with Gasteiger partial charge in [-0.05, 0) is 42.5 Å². The molecule has 0 amide bonds. The number of esters is 1. The van der Waals surface area contributed by atoms with Crippen LogP contribution in [0.3, 0.4) is 0 Å². The van der Waals surface area contributed by atoms with E-state index in [0.717, 1.165) is 25.0 Å². The molecule has 1 atom stereocenters. The maximum absolute atomic E-state index is 11.5. The minimum Gasteiger partial charge on any atom is -0.494 e. The van der Waals surface area contributed by atoms with Gasteiger partial charge in [-0.15, -0.1) is 0 Å². The Balaban J connectivity index is 1.65. The van der Waals surface area contributed by atoms with Crippen molar-refractivity contribution >= 4 is 5.97 Å². The van der Waals surface area contributed by atoms with Crippen LogP contribution >= 0.6 is 0 Å². The predicted molar refractivity (Wildman–Crippen MR) is 97.0 cm³/mol. The van der Waals surface area contributed by atoms with Crippen molar-refractivity contribution in [2.24, 2.45) is 5.92 Å². The van der Waals surface area contributed by atoms with Crippen molar-refractivity contribution in [2.75, 3.05) is 13.2 Å². The van der Waals surface area contributed by atoms with Gasteiger partial charge in [-0.1, -0.05) is 56.3 Å². The highest BCUT2D eigenvalue weighted by molar-refractivity contribution is 5.71. The molecule has 0 saturated carbocycles. The highest BCUT2D eigenvalue weighted by Gasteiger charge is 2.10. The number of carbonyl (C=O) groups excluding carboxylic acids is 1. The van der Waals surface area contributed by atoms with Gasteiger partial charge in [0.2, 0.25) is 0 Å². The lowest BCUT2D eigenvalue weighted by Gasteiger charge is -2.10. The van der Waals surface area contributed by atoms with Gasteiger partial charge in [-0.25, -0.2) is 0 Å². The summed E-state index contributed by atoms with van der Waals surface area (Å²) in [6.45, 7) is 4.98. The first-order valence-corrected chi connectivity index (χ1v) is 8.65. The van der Waals surface area contributed by atoms with Crippen molar-refractivity contribution in [3.8, 4) is 16.9 Å². The van der Waals surface area contributed by atoms with E-state index in [-0.39, 0.29) is 11.9 Å². The number of hydrogen-bond donors (Lipinski definition) is 0. The molecular formula is C21H26O3. The first kappa shape index (κ1) is 18.1. The predicted octanol–water partition coefficient (Wildman–Crippen LogP) is 5.10. The lowest BCUT2D eigenvalue weighted by molar-refractivity contribution is -0.148. The molecule has 0 spiro atoms. The van der Waals surface area contributed by atoms with Gasteiger partial charge >= 0.3 is 5.97 Å². The Labute approximate surface area is 144 Å². The van der Waals surface area contributed by atoms with Crippen LogP contribution in [-0.2, 0) is 9.53 Å². The van der Waals surface area contributed by atoms with E-state index in [1.807, 2.05) is 44.2 Å². The molecule has 3 heteroatoms. The first-order chi connectivity index (χ1) is 11.7. The fourth-order valence-corrected chi connectivity index (χ4v) is 2.25. The van der Waals surface area contributed by atoms with Crippen LogP contribution in [0, 0.1) is 5.92 Å². The molecule has 128 valence electrons. The summed E-state index contributed by atoms with van der Waals surface area (Å²) in [6, 6.07) is 18.4. The van der Waals surface area contributed by atoms with Gasteiger partial charge < -0.3 is 9.47 Å². The Hall–Kier alpha value is -2.29. The van der Waals surface area contributed by atoms with E-state index < -0.39 is 0 Å². The Morgan fingerprint density at radius 2 is 1.54 bits per heavy atom. The lowest BCUT2D eigenvalue weighted by Crippen LogP contribution is -2.14. The standard InChI is InChI=1S/C21H26O3/c1-3-17(2)21(22)24-16-8-7-15-23-20-13-11-19(12-14-20)18-9-5-4-6-10-18/h4-6,9-14,17H,3,7-8,15-16H2,1-2H3. The SMILES string of the molecule is CCC(C)C(=O)OCCCCOc1ccc(-c2ccccc2)cc1. The molecule has 0 bridgehead atoms. The van der Waals surface area contributed by atoms with Crippen LogP contribution in [0.5, 0.6) is 5.75 Å². The molecular weight excluding hydrogens is 300 g/mol. The summed E-state index contributed by atoms with van der Waals surface area (Å²) in [5, 5.41) is 0. The van der Waals surface area contributed by atoms with Gasteiger partial charge in [0.1, 0.15) is 5.75 Å². The summed E-state index contributed by atoms with van der Waals surface area (Å²) >= 11 is 0. The van der Waals surface area contributed by atoms with Crippen molar-refractivity contribution in [1.82, 2.24) is 0 Å². The van der Waals surface area contributed by atoms with E-state index in [4.69, 9.17) is 9.47 Å². The molecule has 0 aliphatic heterocycles. The van der Waals surface area contributed by atoms with Gasteiger partial charge in [0.25, 0.3) is 0 Å². The van der Waals surface area contributed by atoms with Crippen LogP contribution in [0.1, 0.15) is 33.1 Å². The van der Waals surface area contributed by atoms with Crippen LogP contribution in [-0.4, -0.2) is 19.2 Å². The zero-order chi connectivity index (χ0) is 17.2. The molecule has 0 N–H and O–H groups in total. The number of benzene rings is 2. The van der Waals surface area contributed by atoms with Gasteiger partial charge in [-0.2, -0.15) is 0 Å². The van der Waals surface area contributed by atoms with Crippen molar-refractivity contribution in [2.45, 2.75) is 33.1 Å². The van der Waals surface area contributed by atoms with Gasteiger partial charge in [-0.3, -0.25) is 4.79 Å². The molecule has 0 heterocycles. The maximum Gasteiger partial charge on any atom is 0.308 e. The lowest BCUT2D eigenvalue weighted by atomic mass is 10.1. The molecule has 1 unspecified atom stereocenters. The Morgan fingerprint density at radius 3 is 2.21 bits per heavy atom. The van der Waals surface area contributed by atoms with E-state index in [1.165, 1.54) is 11.1 Å². The average molecular weight is 326 g/mol. The fraction of sp³-hybridized carbons (Fsp3) is 0.381. The molecule has 3 nitrogen and oxygen atoms in total. The number of ether oxygens (including phenoxy) is 2. The van der Waals surface area contributed by atoms with E-state index in [9.17, 15) is 4.79 Å². The second-order valence-electron chi connectivity index (χ2n) is 5.92. The van der Waals surface area contributed by atoms with E-state index >= 15 is 0 Å². The highest BCUT2D eigenvalue weighted by atomic mass is 16.5. The van der Waals surface area contributed by atoms with Crippen molar-refractivity contribution in [3.05, 3.63) is 54.6 Å². The Kier molecular flexibility index (Phi) is 7.34. The normalized spacial score (nSPS) is 11.8. The second kappa shape index (κ2) is 9.76. The second-order valence-corrected chi connectivity index (χ2v) is 5.92. The van der Waals surface area contributed by atoms with Crippen molar-refractivity contribution in [3.63, 3.8) is 0 Å². The summed E-state index contributed by atoms with van der Waals surface area (Å²) in [4.78, 5) is 11.5. The average Bonchev–Trinajstić information content (AvgIpc) is 2.64. The molecule has 2 aromatic carbocycles. The summed E-state index contributed by atoms with van der Waals surface area (Å²) in [5.74, 6) is 0.755. The first-order valence-electron chi connectivity index (χ1n) is 8.65. The van der Waals surface area contributed by atoms with E-state index in [2.05, 4.69) is 24.3 Å². The van der Waals surface area contributed by atoms with Gasteiger partial charge in [0.05, 0.1) is 19.1 Å². The number of unbranched alkanes of at least 4 members (excludes halogenated alkanes) is 1. The molecule has 0 aliphatic carbocycles. The third-order valence-electron chi connectivity index (χ3n) is 4.03. The van der Waals surface area contributed by atoms with Crippen molar-refractivity contribution in [1.29, 1.82) is 0 Å². The van der Waals surface area contributed by atoms with Gasteiger partial charge in [0, 0.05) is 0 Å². The third-order valence-corrected chi connectivity index (χ3v) is 4.03. The third kappa shape index (κ3) is 5.73. The summed E-state index contributed by atoms with van der Waals surface area (Å²) in [6.07, 6.45) is 2.51. The summed E-state index contributed by atoms with van der Waals surface area (Å²) in [7, 11) is 0.